The Hall–Kier alpha value is -3.82. The maximum absolute atomic E-state index is 13.2. The summed E-state index contributed by atoms with van der Waals surface area (Å²) in [7, 11) is 3.05. The van der Waals surface area contributed by atoms with E-state index in [0.717, 1.165) is 22.4 Å². The predicted molar refractivity (Wildman–Crippen MR) is 152 cm³/mol. The number of benzene rings is 3. The number of carbonyl (C=O) groups is 2. The van der Waals surface area contributed by atoms with E-state index in [2.05, 4.69) is 5.32 Å². The van der Waals surface area contributed by atoms with Gasteiger partial charge in [0.15, 0.2) is 22.4 Å². The van der Waals surface area contributed by atoms with Gasteiger partial charge < -0.3 is 19.5 Å². The second-order valence-corrected chi connectivity index (χ2v) is 9.91. The number of aryl methyl sites for hydroxylation is 2. The number of anilines is 2. The highest BCUT2D eigenvalue weighted by Crippen LogP contribution is 2.37. The molecule has 37 heavy (non-hydrogen) atoms. The second-order valence-electron chi connectivity index (χ2n) is 8.23. The number of rotatable bonds is 8. The Labute approximate surface area is 225 Å². The van der Waals surface area contributed by atoms with Crippen molar-refractivity contribution in [3.63, 3.8) is 0 Å². The molecule has 0 saturated carbocycles. The van der Waals surface area contributed by atoms with Crippen LogP contribution in [0, 0.1) is 13.8 Å². The predicted octanol–water partition coefficient (Wildman–Crippen LogP) is 5.74. The van der Waals surface area contributed by atoms with E-state index in [4.69, 9.17) is 26.4 Å². The van der Waals surface area contributed by atoms with Crippen molar-refractivity contribution in [1.29, 1.82) is 0 Å². The Morgan fingerprint density at radius 2 is 1.73 bits per heavy atom. The number of hydrogen-bond donors (Lipinski definition) is 1. The van der Waals surface area contributed by atoms with E-state index >= 15 is 0 Å². The van der Waals surface area contributed by atoms with Crippen LogP contribution in [-0.2, 0) is 9.59 Å². The van der Waals surface area contributed by atoms with Gasteiger partial charge in [-0.3, -0.25) is 14.5 Å². The summed E-state index contributed by atoms with van der Waals surface area (Å²) < 4.78 is 16.9. The van der Waals surface area contributed by atoms with E-state index in [0.29, 0.717) is 32.2 Å². The Morgan fingerprint density at radius 1 is 0.973 bits per heavy atom. The minimum absolute atomic E-state index is 0.175. The number of methoxy groups -OCH3 is 2. The molecule has 190 valence electrons. The molecule has 1 N–H and O–H groups in total. The fraction of sp³-hybridized carbons (Fsp3) is 0.179. The summed E-state index contributed by atoms with van der Waals surface area (Å²) >= 11 is 6.75. The SMILES string of the molecule is COc1ccccc1NC(=O)COc1ccc(C=C2SC(=S)N(c3ccc(C)c(C)c3)C2=O)cc1OC. The molecule has 0 atom stereocenters. The van der Waals surface area contributed by atoms with Gasteiger partial charge in [-0.2, -0.15) is 0 Å². The van der Waals surface area contributed by atoms with Gasteiger partial charge in [0, 0.05) is 0 Å². The Kier molecular flexibility index (Phi) is 8.15. The van der Waals surface area contributed by atoms with Gasteiger partial charge in [0.1, 0.15) is 5.75 Å². The first kappa shape index (κ1) is 26.2. The van der Waals surface area contributed by atoms with Gasteiger partial charge in [-0.1, -0.05) is 48.2 Å². The number of para-hydroxylation sites is 2. The molecule has 1 saturated heterocycles. The van der Waals surface area contributed by atoms with Crippen LogP contribution >= 0.6 is 24.0 Å². The number of thiocarbonyl (C=S) groups is 1. The van der Waals surface area contributed by atoms with E-state index in [1.54, 1.807) is 47.4 Å². The van der Waals surface area contributed by atoms with Crippen LogP contribution in [0.1, 0.15) is 16.7 Å². The Balaban J connectivity index is 1.46. The van der Waals surface area contributed by atoms with Gasteiger partial charge in [0.2, 0.25) is 0 Å². The van der Waals surface area contributed by atoms with Crippen LogP contribution in [0.15, 0.2) is 65.6 Å². The van der Waals surface area contributed by atoms with Crippen LogP contribution in [0.25, 0.3) is 6.08 Å². The first-order valence-corrected chi connectivity index (χ1v) is 12.6. The molecular weight excluding hydrogens is 508 g/mol. The molecule has 0 aliphatic carbocycles. The first-order chi connectivity index (χ1) is 17.8. The molecule has 9 heteroatoms. The van der Waals surface area contributed by atoms with E-state index < -0.39 is 0 Å². The van der Waals surface area contributed by atoms with Gasteiger partial charge >= 0.3 is 0 Å². The van der Waals surface area contributed by atoms with Gasteiger partial charge in [-0.05, 0) is 73.0 Å². The van der Waals surface area contributed by atoms with Gasteiger partial charge in [0.25, 0.3) is 11.8 Å². The maximum Gasteiger partial charge on any atom is 0.270 e. The highest BCUT2D eigenvalue weighted by atomic mass is 32.2. The molecule has 1 fully saturated rings. The zero-order valence-corrected chi connectivity index (χ0v) is 22.5. The number of nitrogens with one attached hydrogen (secondary N) is 1. The topological polar surface area (TPSA) is 77.1 Å². The number of ether oxygens (including phenoxy) is 3. The Bertz CT molecular complexity index is 1400. The lowest BCUT2D eigenvalue weighted by atomic mass is 10.1. The van der Waals surface area contributed by atoms with Crippen molar-refractivity contribution in [3.05, 3.63) is 82.3 Å². The average Bonchev–Trinajstić information content (AvgIpc) is 3.17. The van der Waals surface area contributed by atoms with E-state index in [9.17, 15) is 9.59 Å². The Morgan fingerprint density at radius 3 is 2.46 bits per heavy atom. The van der Waals surface area contributed by atoms with Crippen LogP contribution in [0.2, 0.25) is 0 Å². The second kappa shape index (κ2) is 11.5. The summed E-state index contributed by atoms with van der Waals surface area (Å²) in [4.78, 5) is 27.6. The fourth-order valence-corrected chi connectivity index (χ4v) is 4.98. The van der Waals surface area contributed by atoms with Crippen molar-refractivity contribution in [1.82, 2.24) is 0 Å². The summed E-state index contributed by atoms with van der Waals surface area (Å²) in [5.74, 6) is 0.873. The minimum atomic E-state index is -0.342. The van der Waals surface area contributed by atoms with Crippen LogP contribution in [-0.4, -0.2) is 37.0 Å². The van der Waals surface area contributed by atoms with Crippen LogP contribution in [0.5, 0.6) is 17.2 Å². The summed E-state index contributed by atoms with van der Waals surface area (Å²) in [5, 5.41) is 2.77. The highest BCUT2D eigenvalue weighted by Gasteiger charge is 2.33. The summed E-state index contributed by atoms with van der Waals surface area (Å²) in [6, 6.07) is 18.2. The standard InChI is InChI=1S/C28H26N2O5S2/c1-17-9-11-20(13-18(17)2)30-27(32)25(37-28(30)36)15-19-10-12-23(24(14-19)34-4)35-16-26(31)29-21-7-5-6-8-22(21)33-3/h5-15H,16H2,1-4H3,(H,29,31). The zero-order chi connectivity index (χ0) is 26.5. The average molecular weight is 535 g/mol. The lowest BCUT2D eigenvalue weighted by molar-refractivity contribution is -0.118. The van der Waals surface area contributed by atoms with Crippen molar-refractivity contribution in [2.75, 3.05) is 31.0 Å². The van der Waals surface area contributed by atoms with Crippen molar-refractivity contribution < 1.29 is 23.8 Å². The van der Waals surface area contributed by atoms with Crippen molar-refractivity contribution in [3.8, 4) is 17.2 Å². The van der Waals surface area contributed by atoms with E-state index in [1.165, 1.54) is 26.0 Å². The van der Waals surface area contributed by atoms with Gasteiger partial charge in [-0.15, -0.1) is 0 Å². The maximum atomic E-state index is 13.2. The third kappa shape index (κ3) is 5.95. The number of thioether (sulfide) groups is 1. The van der Waals surface area contributed by atoms with E-state index in [1.807, 2.05) is 38.1 Å². The lowest BCUT2D eigenvalue weighted by Crippen LogP contribution is -2.27. The molecule has 1 aliphatic rings. The lowest BCUT2D eigenvalue weighted by Gasteiger charge is -2.16. The molecule has 0 bridgehead atoms. The van der Waals surface area contributed by atoms with Crippen LogP contribution < -0.4 is 24.4 Å². The molecule has 2 amide bonds. The normalized spacial score (nSPS) is 14.2. The molecule has 7 nitrogen and oxygen atoms in total. The number of hydrogen-bond acceptors (Lipinski definition) is 7. The molecule has 3 aromatic carbocycles. The molecule has 1 aliphatic heterocycles. The molecule has 0 spiro atoms. The molecular formula is C28H26N2O5S2. The smallest absolute Gasteiger partial charge is 0.270 e. The molecule has 0 unspecified atom stereocenters. The first-order valence-electron chi connectivity index (χ1n) is 11.4. The third-order valence-electron chi connectivity index (χ3n) is 5.77. The molecule has 1 heterocycles. The van der Waals surface area contributed by atoms with Crippen LogP contribution in [0.4, 0.5) is 11.4 Å². The largest absolute Gasteiger partial charge is 0.495 e. The van der Waals surface area contributed by atoms with E-state index in [-0.39, 0.29) is 18.4 Å². The molecule has 0 aromatic heterocycles. The number of carbonyl (C=O) groups excluding carboxylic acids is 2. The molecule has 3 aromatic rings. The molecule has 0 radical (unpaired) electrons. The molecule has 4 rings (SSSR count). The monoisotopic (exact) mass is 534 g/mol. The third-order valence-corrected chi connectivity index (χ3v) is 7.07. The number of amides is 2. The summed E-state index contributed by atoms with van der Waals surface area (Å²) in [5.41, 5.74) is 4.29. The van der Waals surface area contributed by atoms with Gasteiger partial charge in [-0.25, -0.2) is 0 Å². The number of nitrogens with zero attached hydrogens (tertiary/aromatic N) is 1. The minimum Gasteiger partial charge on any atom is -0.495 e. The van der Waals surface area contributed by atoms with Gasteiger partial charge in [0.05, 0.1) is 30.5 Å². The fourth-order valence-electron chi connectivity index (χ4n) is 3.68. The van der Waals surface area contributed by atoms with Crippen LogP contribution in [0.3, 0.4) is 0 Å². The summed E-state index contributed by atoms with van der Waals surface area (Å²) in [6.45, 7) is 3.81. The summed E-state index contributed by atoms with van der Waals surface area (Å²) in [6.07, 6.45) is 1.76. The quantitative estimate of drug-likeness (QED) is 0.292. The van der Waals surface area contributed by atoms with Crippen molar-refractivity contribution in [2.45, 2.75) is 13.8 Å². The zero-order valence-electron chi connectivity index (χ0n) is 20.9. The van der Waals surface area contributed by atoms with Crippen molar-refractivity contribution >= 4 is 57.6 Å². The van der Waals surface area contributed by atoms with Crippen molar-refractivity contribution in [2.24, 2.45) is 0 Å². The highest BCUT2D eigenvalue weighted by molar-refractivity contribution is 8.27.